The fraction of sp³-hybridized carbons (Fsp3) is 0.846. The molecule has 19 heavy (non-hydrogen) atoms. The molecule has 0 aliphatic carbocycles. The zero-order chi connectivity index (χ0) is 14.3. The summed E-state index contributed by atoms with van der Waals surface area (Å²) in [5, 5.41) is 13.7. The molecular formula is C13H25N3O3. The molecule has 1 unspecified atom stereocenters. The van der Waals surface area contributed by atoms with Crippen molar-refractivity contribution < 1.29 is 14.7 Å². The Morgan fingerprint density at radius 1 is 1.42 bits per heavy atom. The Morgan fingerprint density at radius 2 is 2.16 bits per heavy atom. The van der Waals surface area contributed by atoms with Crippen molar-refractivity contribution in [1.29, 1.82) is 0 Å². The highest BCUT2D eigenvalue weighted by Crippen LogP contribution is 2.15. The summed E-state index contributed by atoms with van der Waals surface area (Å²) in [7, 11) is 0. The molecule has 0 spiro atoms. The average Bonchev–Trinajstić information content (AvgIpc) is 2.36. The first-order valence-corrected chi connectivity index (χ1v) is 7.02. The number of hydrogen-bond acceptors (Lipinski definition) is 3. The average molecular weight is 271 g/mol. The SMILES string of the molecule is CC1CCCCN1CCCNC(=O)N[C@H](C)C(=O)O. The van der Waals surface area contributed by atoms with Crippen LogP contribution in [0.15, 0.2) is 0 Å². The normalized spacial score (nSPS) is 21.7. The van der Waals surface area contributed by atoms with Gasteiger partial charge >= 0.3 is 12.0 Å². The highest BCUT2D eigenvalue weighted by Gasteiger charge is 2.17. The summed E-state index contributed by atoms with van der Waals surface area (Å²) in [5.74, 6) is -1.03. The molecular weight excluding hydrogens is 246 g/mol. The van der Waals surface area contributed by atoms with E-state index in [1.165, 1.54) is 26.2 Å². The van der Waals surface area contributed by atoms with Gasteiger partial charge in [0.15, 0.2) is 0 Å². The van der Waals surface area contributed by atoms with Gasteiger partial charge in [0.2, 0.25) is 0 Å². The maximum atomic E-state index is 11.4. The molecule has 0 aromatic rings. The molecule has 6 nitrogen and oxygen atoms in total. The van der Waals surface area contributed by atoms with E-state index in [4.69, 9.17) is 5.11 Å². The van der Waals surface area contributed by atoms with Gasteiger partial charge in [-0.25, -0.2) is 4.79 Å². The van der Waals surface area contributed by atoms with Crippen LogP contribution in [0.3, 0.4) is 0 Å². The summed E-state index contributed by atoms with van der Waals surface area (Å²) >= 11 is 0. The number of nitrogens with one attached hydrogen (secondary N) is 2. The Labute approximate surface area is 114 Å². The number of carboxylic acids is 1. The second-order valence-electron chi connectivity index (χ2n) is 5.19. The zero-order valence-electron chi connectivity index (χ0n) is 11.8. The predicted octanol–water partition coefficient (Wildman–Crippen LogP) is 1.02. The summed E-state index contributed by atoms with van der Waals surface area (Å²) in [5.41, 5.74) is 0. The van der Waals surface area contributed by atoms with Gasteiger partial charge in [-0.3, -0.25) is 4.79 Å². The van der Waals surface area contributed by atoms with Gasteiger partial charge in [-0.05, 0) is 39.7 Å². The summed E-state index contributed by atoms with van der Waals surface area (Å²) < 4.78 is 0. The number of rotatable bonds is 6. The minimum Gasteiger partial charge on any atom is -0.480 e. The summed E-state index contributed by atoms with van der Waals surface area (Å²) in [6, 6.07) is -0.640. The summed E-state index contributed by atoms with van der Waals surface area (Å²) in [6.45, 7) is 6.38. The number of carboxylic acid groups (broad SMARTS) is 1. The molecule has 110 valence electrons. The first-order chi connectivity index (χ1) is 9.00. The van der Waals surface area contributed by atoms with Crippen LogP contribution in [0.1, 0.15) is 39.5 Å². The van der Waals surface area contributed by atoms with Crippen LogP contribution in [-0.4, -0.2) is 53.7 Å². The summed E-state index contributed by atoms with van der Waals surface area (Å²) in [6.07, 6.45) is 4.71. The highest BCUT2D eigenvalue weighted by molar-refractivity contribution is 5.82. The molecule has 1 fully saturated rings. The molecule has 1 rings (SSSR count). The topological polar surface area (TPSA) is 81.7 Å². The number of nitrogens with zero attached hydrogens (tertiary/aromatic N) is 1. The van der Waals surface area contributed by atoms with Crippen LogP contribution in [0.5, 0.6) is 0 Å². The first kappa shape index (κ1) is 15.8. The van der Waals surface area contributed by atoms with Gasteiger partial charge in [0.05, 0.1) is 0 Å². The van der Waals surface area contributed by atoms with E-state index < -0.39 is 18.0 Å². The molecule has 0 aromatic carbocycles. The van der Waals surface area contributed by atoms with Gasteiger partial charge in [0.1, 0.15) is 6.04 Å². The van der Waals surface area contributed by atoms with Gasteiger partial charge in [-0.2, -0.15) is 0 Å². The summed E-state index contributed by atoms with van der Waals surface area (Å²) in [4.78, 5) is 24.4. The van der Waals surface area contributed by atoms with E-state index in [1.54, 1.807) is 0 Å². The third-order valence-electron chi connectivity index (χ3n) is 3.57. The van der Waals surface area contributed by atoms with Crippen molar-refractivity contribution in [3.63, 3.8) is 0 Å². The lowest BCUT2D eigenvalue weighted by Crippen LogP contribution is -2.45. The fourth-order valence-electron chi connectivity index (χ4n) is 2.28. The van der Waals surface area contributed by atoms with Crippen LogP contribution in [0.25, 0.3) is 0 Å². The van der Waals surface area contributed by atoms with E-state index in [0.717, 1.165) is 19.5 Å². The Morgan fingerprint density at radius 3 is 2.79 bits per heavy atom. The minimum atomic E-state index is -1.03. The van der Waals surface area contributed by atoms with E-state index >= 15 is 0 Å². The fourth-order valence-corrected chi connectivity index (χ4v) is 2.28. The number of aliphatic carboxylic acids is 1. The Kier molecular flexibility index (Phi) is 6.62. The standard InChI is InChI=1S/C13H25N3O3/c1-10-6-3-4-8-16(10)9-5-7-14-13(19)15-11(2)12(17)18/h10-11H,3-9H2,1-2H3,(H,17,18)(H2,14,15,19)/t10?,11-/m1/s1. The quantitative estimate of drug-likeness (QED) is 0.630. The van der Waals surface area contributed by atoms with Crippen molar-refractivity contribution in [2.75, 3.05) is 19.6 Å². The molecule has 2 amide bonds. The van der Waals surface area contributed by atoms with Gasteiger partial charge < -0.3 is 20.6 Å². The third-order valence-corrected chi connectivity index (χ3v) is 3.57. The van der Waals surface area contributed by atoms with Crippen LogP contribution in [0, 0.1) is 0 Å². The number of urea groups is 1. The lowest BCUT2D eigenvalue weighted by atomic mass is 10.0. The van der Waals surface area contributed by atoms with E-state index in [9.17, 15) is 9.59 Å². The number of hydrogen-bond donors (Lipinski definition) is 3. The van der Waals surface area contributed by atoms with Crippen LogP contribution in [-0.2, 0) is 4.79 Å². The molecule has 1 heterocycles. The largest absolute Gasteiger partial charge is 0.480 e. The first-order valence-electron chi connectivity index (χ1n) is 7.02. The number of carbonyl (C=O) groups is 2. The van der Waals surface area contributed by atoms with E-state index in [1.807, 2.05) is 0 Å². The van der Waals surface area contributed by atoms with E-state index in [0.29, 0.717) is 12.6 Å². The predicted molar refractivity (Wildman–Crippen MR) is 73.1 cm³/mol. The minimum absolute atomic E-state index is 0.415. The zero-order valence-corrected chi connectivity index (χ0v) is 11.8. The monoisotopic (exact) mass is 271 g/mol. The molecule has 0 saturated carbocycles. The molecule has 1 aliphatic heterocycles. The van der Waals surface area contributed by atoms with Crippen molar-refractivity contribution in [1.82, 2.24) is 15.5 Å². The number of likely N-dealkylation sites (tertiary alicyclic amines) is 1. The number of piperidine rings is 1. The smallest absolute Gasteiger partial charge is 0.325 e. The van der Waals surface area contributed by atoms with E-state index in [-0.39, 0.29) is 0 Å². The van der Waals surface area contributed by atoms with Crippen LogP contribution in [0.2, 0.25) is 0 Å². The molecule has 3 N–H and O–H groups in total. The van der Waals surface area contributed by atoms with Crippen molar-refractivity contribution in [2.45, 2.75) is 51.6 Å². The molecule has 2 atom stereocenters. The molecule has 6 heteroatoms. The van der Waals surface area contributed by atoms with Crippen LogP contribution in [0.4, 0.5) is 4.79 Å². The van der Waals surface area contributed by atoms with Gasteiger partial charge in [0.25, 0.3) is 0 Å². The highest BCUT2D eigenvalue weighted by atomic mass is 16.4. The second-order valence-corrected chi connectivity index (χ2v) is 5.19. The van der Waals surface area contributed by atoms with E-state index in [2.05, 4.69) is 22.5 Å². The Balaban J connectivity index is 2.09. The molecule has 0 aromatic heterocycles. The van der Waals surface area contributed by atoms with Crippen molar-refractivity contribution in [2.24, 2.45) is 0 Å². The Hall–Kier alpha value is -1.30. The second kappa shape index (κ2) is 7.99. The maximum Gasteiger partial charge on any atom is 0.325 e. The van der Waals surface area contributed by atoms with Crippen LogP contribution >= 0.6 is 0 Å². The van der Waals surface area contributed by atoms with Gasteiger partial charge in [-0.15, -0.1) is 0 Å². The van der Waals surface area contributed by atoms with Gasteiger partial charge in [0, 0.05) is 19.1 Å². The molecule has 1 aliphatic rings. The van der Waals surface area contributed by atoms with Gasteiger partial charge in [-0.1, -0.05) is 6.42 Å². The molecule has 0 bridgehead atoms. The van der Waals surface area contributed by atoms with Crippen LogP contribution < -0.4 is 10.6 Å². The van der Waals surface area contributed by atoms with Crippen molar-refractivity contribution >= 4 is 12.0 Å². The van der Waals surface area contributed by atoms with Crippen molar-refractivity contribution in [3.8, 4) is 0 Å². The lowest BCUT2D eigenvalue weighted by Gasteiger charge is -2.33. The Bertz CT molecular complexity index is 310. The number of carbonyl (C=O) groups excluding carboxylic acids is 1. The third kappa shape index (κ3) is 5.92. The molecule has 1 saturated heterocycles. The molecule has 0 radical (unpaired) electrons. The van der Waals surface area contributed by atoms with Crippen molar-refractivity contribution in [3.05, 3.63) is 0 Å². The number of amides is 2. The maximum absolute atomic E-state index is 11.4. The lowest BCUT2D eigenvalue weighted by molar-refractivity contribution is -0.138.